The maximum absolute atomic E-state index is 8.55. The fourth-order valence-electron chi connectivity index (χ4n) is 0.725. The number of aliphatic hydroxyl groups excluding tert-OH is 2. The first-order valence-electron chi connectivity index (χ1n) is 5.81. The molecule has 5 N–H and O–H groups in total. The Hall–Kier alpha value is 0.220. The zero-order chi connectivity index (χ0) is 17.3. The summed E-state index contributed by atoms with van der Waals surface area (Å²) in [5.41, 5.74) is 4.40. The average molecular weight is 370 g/mol. The van der Waals surface area contributed by atoms with Gasteiger partial charge in [0, 0.05) is 41.4 Å². The van der Waals surface area contributed by atoms with Crippen molar-refractivity contribution in [2.24, 2.45) is 5.73 Å². The first kappa shape index (κ1) is 30.1. The van der Waals surface area contributed by atoms with Crippen LogP contribution in [-0.2, 0) is 18.9 Å². The molecular formula is C11H27N2NaO6S2. The van der Waals surface area contributed by atoms with Crippen LogP contribution in [0, 0.1) is 0 Å². The summed E-state index contributed by atoms with van der Waals surface area (Å²) in [4.78, 5) is 0. The number of nitrogens with one attached hydrogen (secondary N) is 1. The Bertz CT molecular complexity index is 253. The van der Waals surface area contributed by atoms with Gasteiger partial charge in [-0.3, -0.25) is 0 Å². The Morgan fingerprint density at radius 2 is 1.41 bits per heavy atom. The van der Waals surface area contributed by atoms with Crippen LogP contribution < -0.4 is 11.1 Å². The number of hydrogen-bond donors (Lipinski definition) is 4. The quantitative estimate of drug-likeness (QED) is 0.281. The zero-order valence-electron chi connectivity index (χ0n) is 13.0. The summed E-state index contributed by atoms with van der Waals surface area (Å²) in [5, 5.41) is 18.0. The Morgan fingerprint density at radius 1 is 1.05 bits per heavy atom. The van der Waals surface area contributed by atoms with Crippen LogP contribution in [0.1, 0.15) is 13.3 Å². The third kappa shape index (κ3) is 36.9. The van der Waals surface area contributed by atoms with Crippen LogP contribution >= 0.6 is 24.4 Å². The summed E-state index contributed by atoms with van der Waals surface area (Å²) in [6.45, 7) is 2.38. The van der Waals surface area contributed by atoms with Gasteiger partial charge in [0.2, 0.25) is 0 Å². The molecule has 130 valence electrons. The Morgan fingerprint density at radius 3 is 1.59 bits per heavy atom. The molecule has 0 radical (unpaired) electrons. The van der Waals surface area contributed by atoms with Gasteiger partial charge in [-0.05, 0) is 31.4 Å². The summed E-state index contributed by atoms with van der Waals surface area (Å²) in [6.07, 6.45) is 0.343. The zero-order valence-corrected chi connectivity index (χ0v) is 14.6. The predicted octanol–water partition coefficient (Wildman–Crippen LogP) is 0.193. The fraction of sp³-hybridized carbons (Fsp3) is 0.818. The van der Waals surface area contributed by atoms with E-state index in [-0.39, 0.29) is 47.3 Å². The van der Waals surface area contributed by atoms with E-state index < -0.39 is 5.17 Å². The second-order valence-corrected chi connectivity index (χ2v) is 4.10. The molecule has 0 heterocycles. The molecule has 0 aliphatic heterocycles. The maximum atomic E-state index is 8.55. The number of aliphatic hydroxyl groups is 2. The van der Waals surface area contributed by atoms with E-state index in [0.29, 0.717) is 13.0 Å². The number of hydrogen-bond acceptors (Lipinski definition) is 6. The van der Waals surface area contributed by atoms with Crippen molar-refractivity contribution in [3.63, 3.8) is 0 Å². The van der Waals surface area contributed by atoms with Crippen molar-refractivity contribution in [2.45, 2.75) is 25.9 Å². The van der Waals surface area contributed by atoms with Crippen molar-refractivity contribution in [1.29, 1.82) is 0 Å². The normalized spacial score (nSPS) is 8.86. The van der Waals surface area contributed by atoms with Gasteiger partial charge in [-0.25, -0.2) is 0 Å². The van der Waals surface area contributed by atoms with Crippen LogP contribution in [0.2, 0.25) is 0 Å². The van der Waals surface area contributed by atoms with Crippen LogP contribution in [-0.4, -0.2) is 97.7 Å². The fourth-order valence-corrected chi connectivity index (χ4v) is 0.827. The first-order valence-corrected chi connectivity index (χ1v) is 6.63. The van der Waals surface area contributed by atoms with Crippen molar-refractivity contribution >= 4 is 64.3 Å². The van der Waals surface area contributed by atoms with Gasteiger partial charge in [0.25, 0.3) is 10.3 Å². The molecule has 0 spiro atoms. The molecule has 0 saturated heterocycles. The third-order valence-corrected chi connectivity index (χ3v) is 1.99. The van der Waals surface area contributed by atoms with E-state index in [4.69, 9.17) is 19.7 Å². The monoisotopic (exact) mass is 370 g/mol. The number of thiocarbonyl (C=S) groups is 2. The number of methoxy groups -OCH3 is 4. The van der Waals surface area contributed by atoms with Crippen LogP contribution in [0.25, 0.3) is 0 Å². The van der Waals surface area contributed by atoms with Gasteiger partial charge in [-0.2, -0.15) is 0 Å². The number of nitrogens with two attached hydrogens (primary N) is 1. The molecule has 0 aliphatic rings. The molecule has 0 bridgehead atoms. The third-order valence-electron chi connectivity index (χ3n) is 1.85. The van der Waals surface area contributed by atoms with Crippen LogP contribution in [0.15, 0.2) is 0 Å². The van der Waals surface area contributed by atoms with Gasteiger partial charge in [0.15, 0.2) is 12.6 Å². The van der Waals surface area contributed by atoms with E-state index >= 15 is 0 Å². The molecule has 22 heavy (non-hydrogen) atoms. The number of ether oxygens (including phenoxy) is 4. The van der Waals surface area contributed by atoms with Gasteiger partial charge in [-0.15, -0.1) is 0 Å². The molecule has 0 aromatic carbocycles. The van der Waals surface area contributed by atoms with Crippen molar-refractivity contribution in [1.82, 2.24) is 5.32 Å². The first-order chi connectivity index (χ1) is 9.74. The topological polar surface area (TPSA) is 115 Å². The van der Waals surface area contributed by atoms with Crippen LogP contribution in [0.3, 0.4) is 0 Å². The minimum atomic E-state index is -0.500. The molecule has 0 rings (SSSR count). The predicted molar refractivity (Wildman–Crippen MR) is 95.7 cm³/mol. The molecule has 0 aliphatic carbocycles. The van der Waals surface area contributed by atoms with Gasteiger partial charge in [-0.1, -0.05) is 0 Å². The second kappa shape index (κ2) is 23.5. The van der Waals surface area contributed by atoms with E-state index in [1.165, 1.54) is 0 Å². The summed E-state index contributed by atoms with van der Waals surface area (Å²) in [5.74, 6) is 0. The summed E-state index contributed by atoms with van der Waals surface area (Å²) >= 11 is 8.25. The van der Waals surface area contributed by atoms with Crippen molar-refractivity contribution in [3.05, 3.63) is 0 Å². The van der Waals surface area contributed by atoms with E-state index in [1.807, 2.05) is 6.92 Å². The second-order valence-electron chi connectivity index (χ2n) is 3.30. The van der Waals surface area contributed by atoms with Crippen LogP contribution in [0.5, 0.6) is 0 Å². The van der Waals surface area contributed by atoms with Gasteiger partial charge in [0.05, 0.1) is 0 Å². The molecule has 0 unspecified atom stereocenters. The SMILES string of the molecule is COC(C)OC.COC(CCNC(O)=S)OC.NC(O)=S.[NaH]. The minimum absolute atomic E-state index is 0. The van der Waals surface area contributed by atoms with Gasteiger partial charge in [0.1, 0.15) is 0 Å². The van der Waals surface area contributed by atoms with Crippen molar-refractivity contribution < 1.29 is 29.2 Å². The molecule has 0 atom stereocenters. The molecule has 8 nitrogen and oxygen atoms in total. The van der Waals surface area contributed by atoms with E-state index in [2.05, 4.69) is 45.0 Å². The molecular weight excluding hydrogens is 343 g/mol. The molecule has 0 fully saturated rings. The number of rotatable bonds is 7. The molecule has 0 aromatic heterocycles. The molecule has 11 heteroatoms. The van der Waals surface area contributed by atoms with E-state index in [9.17, 15) is 0 Å². The molecule has 0 aromatic rings. The van der Waals surface area contributed by atoms with E-state index in [1.54, 1.807) is 28.4 Å². The summed E-state index contributed by atoms with van der Waals surface area (Å²) in [6, 6.07) is 0. The van der Waals surface area contributed by atoms with Crippen LogP contribution in [0.4, 0.5) is 0 Å². The molecule has 0 amide bonds. The van der Waals surface area contributed by atoms with Gasteiger partial charge >= 0.3 is 29.6 Å². The van der Waals surface area contributed by atoms with Crippen molar-refractivity contribution in [3.8, 4) is 0 Å². The average Bonchev–Trinajstić information content (AvgIpc) is 2.42. The molecule has 0 saturated carbocycles. The Kier molecular flexibility index (Phi) is 32.2. The van der Waals surface area contributed by atoms with Gasteiger partial charge < -0.3 is 40.2 Å². The van der Waals surface area contributed by atoms with E-state index in [0.717, 1.165) is 0 Å². The Balaban J connectivity index is -0.000000125. The van der Waals surface area contributed by atoms with Crippen molar-refractivity contribution in [2.75, 3.05) is 35.0 Å². The standard InChI is InChI=1S/C6H13NO3S.C4H10O2.CH3NOS.Na.H/c1-9-5(10-2)3-4-7-6(8)11;1-4(5-2)6-3;2-1(3)4;;/h5H,3-4H2,1-2H3,(H2,7,8,11);4H,1-3H3;(H3,2,3,4);;. The summed E-state index contributed by atoms with van der Waals surface area (Å²) < 4.78 is 19.1. The summed E-state index contributed by atoms with van der Waals surface area (Å²) in [7, 11) is 6.33. The Labute approximate surface area is 164 Å².